The lowest BCUT2D eigenvalue weighted by Crippen LogP contribution is -2.31. The molecular formula is C19H19N3O3. The fourth-order valence-corrected chi connectivity index (χ4v) is 2.82. The van der Waals surface area contributed by atoms with Crippen LogP contribution < -0.4 is 5.32 Å². The van der Waals surface area contributed by atoms with E-state index in [1.54, 1.807) is 24.4 Å². The maximum atomic E-state index is 12.4. The Kier molecular flexibility index (Phi) is 4.61. The number of nitrogens with one attached hydrogen (secondary N) is 1. The monoisotopic (exact) mass is 337 g/mol. The molecule has 6 nitrogen and oxygen atoms in total. The van der Waals surface area contributed by atoms with E-state index in [1.165, 1.54) is 4.90 Å². The van der Waals surface area contributed by atoms with Gasteiger partial charge in [-0.05, 0) is 50.1 Å². The molecule has 1 aliphatic rings. The Hall–Kier alpha value is -3.02. The molecule has 0 fully saturated rings. The van der Waals surface area contributed by atoms with E-state index < -0.39 is 0 Å². The molecule has 25 heavy (non-hydrogen) atoms. The molecule has 1 N–H and O–H groups in total. The van der Waals surface area contributed by atoms with E-state index in [-0.39, 0.29) is 30.7 Å². The number of hydrogen-bond donors (Lipinski definition) is 1. The van der Waals surface area contributed by atoms with Gasteiger partial charge in [-0.2, -0.15) is 0 Å². The first kappa shape index (κ1) is 16.8. The number of benzene rings is 1. The molecular weight excluding hydrogens is 318 g/mol. The van der Waals surface area contributed by atoms with Crippen LogP contribution in [0.25, 0.3) is 0 Å². The van der Waals surface area contributed by atoms with E-state index in [2.05, 4.69) is 10.3 Å². The van der Waals surface area contributed by atoms with Crippen molar-refractivity contribution in [2.45, 2.75) is 26.7 Å². The van der Waals surface area contributed by atoms with Crippen LogP contribution in [0.15, 0.2) is 36.5 Å². The highest BCUT2D eigenvalue weighted by Gasteiger charge is 2.34. The Labute approximate surface area is 145 Å². The number of carbonyl (C=O) groups excluding carboxylic acids is 3. The zero-order valence-corrected chi connectivity index (χ0v) is 14.2. The van der Waals surface area contributed by atoms with Gasteiger partial charge < -0.3 is 5.32 Å². The third-order valence-electron chi connectivity index (χ3n) is 4.09. The van der Waals surface area contributed by atoms with Crippen LogP contribution in [-0.4, -0.2) is 34.2 Å². The average molecular weight is 337 g/mol. The molecule has 0 aliphatic carbocycles. The smallest absolute Gasteiger partial charge is 0.261 e. The quantitative estimate of drug-likeness (QED) is 0.851. The van der Waals surface area contributed by atoms with Crippen molar-refractivity contribution in [2.24, 2.45) is 0 Å². The molecule has 0 atom stereocenters. The van der Waals surface area contributed by atoms with Crippen LogP contribution in [0.3, 0.4) is 0 Å². The van der Waals surface area contributed by atoms with Crippen molar-refractivity contribution >= 4 is 23.5 Å². The molecule has 1 aromatic carbocycles. The maximum absolute atomic E-state index is 12.4. The van der Waals surface area contributed by atoms with Crippen LogP contribution in [0.1, 0.15) is 44.7 Å². The first-order chi connectivity index (χ1) is 12.0. The van der Waals surface area contributed by atoms with Crippen molar-refractivity contribution in [1.82, 2.24) is 9.88 Å². The summed E-state index contributed by atoms with van der Waals surface area (Å²) in [5.41, 5.74) is 2.82. The predicted octanol–water partition coefficient (Wildman–Crippen LogP) is 2.71. The lowest BCUT2D eigenvalue weighted by molar-refractivity contribution is -0.116. The number of rotatable bonds is 5. The number of amides is 3. The Morgan fingerprint density at radius 2 is 1.76 bits per heavy atom. The van der Waals surface area contributed by atoms with Gasteiger partial charge in [-0.15, -0.1) is 0 Å². The van der Waals surface area contributed by atoms with Gasteiger partial charge >= 0.3 is 0 Å². The molecule has 0 saturated carbocycles. The lowest BCUT2D eigenvalue weighted by atomic mass is 10.1. The normalized spacial score (nSPS) is 13.1. The Morgan fingerprint density at radius 1 is 1.04 bits per heavy atom. The minimum absolute atomic E-state index is 0.189. The molecule has 6 heteroatoms. The highest BCUT2D eigenvalue weighted by molar-refractivity contribution is 6.21. The highest BCUT2D eigenvalue weighted by atomic mass is 16.2. The van der Waals surface area contributed by atoms with Gasteiger partial charge in [-0.3, -0.25) is 19.3 Å². The second kappa shape index (κ2) is 6.84. The molecule has 0 saturated heterocycles. The van der Waals surface area contributed by atoms with Crippen LogP contribution >= 0.6 is 0 Å². The van der Waals surface area contributed by atoms with E-state index in [0.717, 1.165) is 11.1 Å². The van der Waals surface area contributed by atoms with E-state index >= 15 is 0 Å². The number of fused-ring (bicyclic) bond motifs is 1. The molecule has 0 bridgehead atoms. The van der Waals surface area contributed by atoms with Crippen molar-refractivity contribution in [3.8, 4) is 0 Å². The van der Waals surface area contributed by atoms with Crippen LogP contribution in [0.2, 0.25) is 0 Å². The molecule has 3 rings (SSSR count). The summed E-state index contributed by atoms with van der Waals surface area (Å²) in [5.74, 6) is -0.267. The summed E-state index contributed by atoms with van der Waals surface area (Å²) in [5, 5.41) is 2.72. The molecule has 1 aromatic heterocycles. The Balaban J connectivity index is 1.55. The third-order valence-corrected chi connectivity index (χ3v) is 4.09. The first-order valence-corrected chi connectivity index (χ1v) is 8.15. The molecule has 2 heterocycles. The van der Waals surface area contributed by atoms with Crippen molar-refractivity contribution in [3.63, 3.8) is 0 Å². The Bertz CT molecular complexity index is 861. The van der Waals surface area contributed by atoms with E-state index in [1.807, 2.05) is 26.0 Å². The van der Waals surface area contributed by atoms with Crippen LogP contribution in [0.4, 0.5) is 5.82 Å². The number of hydrogen-bond acceptors (Lipinski definition) is 4. The molecule has 3 amide bonds. The number of imide groups is 1. The molecule has 128 valence electrons. The third kappa shape index (κ3) is 3.57. The van der Waals surface area contributed by atoms with Crippen molar-refractivity contribution < 1.29 is 14.4 Å². The standard InChI is InChI=1S/C19H19N3O3/c1-12-5-6-14-15(10-12)19(25)22(18(14)24)9-3-4-17(23)21-16-11-13(2)7-8-20-16/h5-8,10-11H,3-4,9H2,1-2H3,(H,20,21,23). The highest BCUT2D eigenvalue weighted by Crippen LogP contribution is 2.24. The maximum Gasteiger partial charge on any atom is 0.261 e. The van der Waals surface area contributed by atoms with E-state index in [4.69, 9.17) is 0 Å². The summed E-state index contributed by atoms with van der Waals surface area (Å²) in [6.07, 6.45) is 2.25. The summed E-state index contributed by atoms with van der Waals surface area (Å²) >= 11 is 0. The topological polar surface area (TPSA) is 79.4 Å². The van der Waals surface area contributed by atoms with Gasteiger partial charge in [0.15, 0.2) is 0 Å². The predicted molar refractivity (Wildman–Crippen MR) is 93.4 cm³/mol. The van der Waals surface area contributed by atoms with Crippen LogP contribution in [-0.2, 0) is 4.79 Å². The fraction of sp³-hybridized carbons (Fsp3) is 0.263. The van der Waals surface area contributed by atoms with Crippen molar-refractivity contribution in [2.75, 3.05) is 11.9 Å². The molecule has 0 spiro atoms. The summed E-state index contributed by atoms with van der Waals surface area (Å²) in [7, 11) is 0. The fourth-order valence-electron chi connectivity index (χ4n) is 2.82. The lowest BCUT2D eigenvalue weighted by Gasteiger charge is -2.13. The number of pyridine rings is 1. The molecule has 0 radical (unpaired) electrons. The number of anilines is 1. The van der Waals surface area contributed by atoms with Gasteiger partial charge in [0.1, 0.15) is 5.82 Å². The SMILES string of the molecule is Cc1ccnc(NC(=O)CCCN2C(=O)c3ccc(C)cc3C2=O)c1. The van der Waals surface area contributed by atoms with Gasteiger partial charge in [0, 0.05) is 19.2 Å². The van der Waals surface area contributed by atoms with Gasteiger partial charge in [0.25, 0.3) is 11.8 Å². The number of aryl methyl sites for hydroxylation is 2. The van der Waals surface area contributed by atoms with E-state index in [9.17, 15) is 14.4 Å². The second-order valence-corrected chi connectivity index (χ2v) is 6.18. The summed E-state index contributed by atoms with van der Waals surface area (Å²) in [6, 6.07) is 8.85. The zero-order valence-electron chi connectivity index (χ0n) is 14.2. The van der Waals surface area contributed by atoms with Crippen LogP contribution in [0.5, 0.6) is 0 Å². The molecule has 1 aliphatic heterocycles. The van der Waals surface area contributed by atoms with E-state index in [0.29, 0.717) is 23.4 Å². The number of carbonyl (C=O) groups is 3. The van der Waals surface area contributed by atoms with Gasteiger partial charge in [-0.25, -0.2) is 4.98 Å². The minimum Gasteiger partial charge on any atom is -0.311 e. The second-order valence-electron chi connectivity index (χ2n) is 6.18. The molecule has 2 aromatic rings. The van der Waals surface area contributed by atoms with Crippen molar-refractivity contribution in [1.29, 1.82) is 0 Å². The Morgan fingerprint density at radius 3 is 2.52 bits per heavy atom. The van der Waals surface area contributed by atoms with Crippen molar-refractivity contribution in [3.05, 3.63) is 58.8 Å². The van der Waals surface area contributed by atoms with Gasteiger partial charge in [0.2, 0.25) is 5.91 Å². The summed E-state index contributed by atoms with van der Waals surface area (Å²) in [4.78, 5) is 41.9. The molecule has 0 unspecified atom stereocenters. The van der Waals surface area contributed by atoms with Gasteiger partial charge in [-0.1, -0.05) is 11.6 Å². The summed E-state index contributed by atoms with van der Waals surface area (Å²) in [6.45, 7) is 4.02. The first-order valence-electron chi connectivity index (χ1n) is 8.15. The zero-order chi connectivity index (χ0) is 18.0. The average Bonchev–Trinajstić information content (AvgIpc) is 2.79. The largest absolute Gasteiger partial charge is 0.311 e. The number of aromatic nitrogens is 1. The van der Waals surface area contributed by atoms with Gasteiger partial charge in [0.05, 0.1) is 11.1 Å². The van der Waals surface area contributed by atoms with Crippen LogP contribution in [0, 0.1) is 13.8 Å². The summed E-state index contributed by atoms with van der Waals surface area (Å²) < 4.78 is 0. The number of nitrogens with zero attached hydrogens (tertiary/aromatic N) is 2. The minimum atomic E-state index is -0.291.